The van der Waals surface area contributed by atoms with E-state index in [1.807, 2.05) is 47.1 Å². The van der Waals surface area contributed by atoms with E-state index in [1.165, 1.54) is 6.07 Å². The van der Waals surface area contributed by atoms with Crippen molar-refractivity contribution in [3.8, 4) is 11.5 Å². The number of methoxy groups -OCH3 is 1. The minimum absolute atomic E-state index is 0.0108. The van der Waals surface area contributed by atoms with Gasteiger partial charge in [0.1, 0.15) is 12.2 Å². The van der Waals surface area contributed by atoms with E-state index in [2.05, 4.69) is 34.8 Å². The lowest BCUT2D eigenvalue weighted by Crippen LogP contribution is -2.48. The van der Waals surface area contributed by atoms with Crippen LogP contribution in [0.5, 0.6) is 11.5 Å². The van der Waals surface area contributed by atoms with E-state index in [0.717, 1.165) is 34.9 Å². The average molecular weight is 614 g/mol. The minimum atomic E-state index is -0.622. The molecule has 2 heterocycles. The van der Waals surface area contributed by atoms with Crippen molar-refractivity contribution in [2.75, 3.05) is 31.9 Å². The molecule has 0 aliphatic carbocycles. The quantitative estimate of drug-likeness (QED) is 0.182. The summed E-state index contributed by atoms with van der Waals surface area (Å²) in [4.78, 5) is 25.0. The molecule has 1 atom stereocenters. The van der Waals surface area contributed by atoms with Crippen molar-refractivity contribution < 1.29 is 23.7 Å². The van der Waals surface area contributed by atoms with Crippen LogP contribution in [-0.2, 0) is 16.1 Å². The lowest BCUT2D eigenvalue weighted by Gasteiger charge is -2.40. The molecule has 1 aromatic heterocycles. The molecule has 0 saturated carbocycles. The summed E-state index contributed by atoms with van der Waals surface area (Å²) in [5, 5.41) is 2.20. The standard InChI is InChI=1S/C31H37BrN2O6/c1-5-38-30(36)24-20-33(15-13-27(24)35)34-26(12-14-31(34,2)3)23-18-28(39-17-9-16-37-4)29(19-25(23)32)40-21-22-10-7-6-8-11-22/h6-8,10-11,13,15,18-20,26H,5,9,12,14,16-17,21H2,1-4H3. The highest BCUT2D eigenvalue weighted by Gasteiger charge is 2.41. The van der Waals surface area contributed by atoms with Gasteiger partial charge in [-0.3, -0.25) is 9.47 Å². The van der Waals surface area contributed by atoms with Gasteiger partial charge in [0.15, 0.2) is 16.9 Å². The average Bonchev–Trinajstić information content (AvgIpc) is 3.26. The summed E-state index contributed by atoms with van der Waals surface area (Å²) in [6, 6.07) is 15.3. The Bertz CT molecular complexity index is 1360. The molecule has 214 valence electrons. The van der Waals surface area contributed by atoms with Crippen molar-refractivity contribution in [2.24, 2.45) is 0 Å². The van der Waals surface area contributed by atoms with Gasteiger partial charge in [-0.2, -0.15) is 0 Å². The molecule has 1 unspecified atom stereocenters. The number of hydrogen-bond donors (Lipinski definition) is 0. The molecule has 3 aromatic rings. The SMILES string of the molecule is CCOC(=O)c1cn(N2C(c3cc(OCCCOC)c(OCc4ccccc4)cc3Br)CCC2(C)C)ccc1=O. The summed E-state index contributed by atoms with van der Waals surface area (Å²) in [6.45, 7) is 7.73. The van der Waals surface area contributed by atoms with Crippen LogP contribution < -0.4 is 19.9 Å². The molecule has 0 N–H and O–H groups in total. The fourth-order valence-electron chi connectivity index (χ4n) is 5.03. The summed E-state index contributed by atoms with van der Waals surface area (Å²) < 4.78 is 25.5. The first-order valence-corrected chi connectivity index (χ1v) is 14.4. The third-order valence-electron chi connectivity index (χ3n) is 7.00. The van der Waals surface area contributed by atoms with Gasteiger partial charge in [-0.1, -0.05) is 46.3 Å². The molecular weight excluding hydrogens is 576 g/mol. The van der Waals surface area contributed by atoms with Crippen LogP contribution in [0.1, 0.15) is 67.6 Å². The molecule has 9 heteroatoms. The largest absolute Gasteiger partial charge is 0.490 e. The second-order valence-electron chi connectivity index (χ2n) is 10.3. The van der Waals surface area contributed by atoms with Crippen LogP contribution in [0, 0.1) is 0 Å². The highest BCUT2D eigenvalue weighted by Crippen LogP contribution is 2.46. The zero-order valence-electron chi connectivity index (χ0n) is 23.5. The van der Waals surface area contributed by atoms with Crippen molar-refractivity contribution >= 4 is 21.9 Å². The number of carbonyl (C=O) groups excluding carboxylic acids is 1. The van der Waals surface area contributed by atoms with Crippen LogP contribution in [0.3, 0.4) is 0 Å². The molecule has 1 aliphatic rings. The van der Waals surface area contributed by atoms with Crippen molar-refractivity contribution in [3.63, 3.8) is 0 Å². The number of rotatable bonds is 12. The third-order valence-corrected chi connectivity index (χ3v) is 7.69. The molecule has 0 radical (unpaired) electrons. The van der Waals surface area contributed by atoms with Crippen LogP contribution in [0.15, 0.2) is 70.2 Å². The summed E-state index contributed by atoms with van der Waals surface area (Å²) in [6.07, 6.45) is 5.80. The van der Waals surface area contributed by atoms with Crippen LogP contribution in [0.2, 0.25) is 0 Å². The predicted molar refractivity (Wildman–Crippen MR) is 158 cm³/mol. The molecule has 4 rings (SSSR count). The number of esters is 1. The summed E-state index contributed by atoms with van der Waals surface area (Å²) in [7, 11) is 1.67. The highest BCUT2D eigenvalue weighted by atomic mass is 79.9. The smallest absolute Gasteiger partial charge is 0.343 e. The van der Waals surface area contributed by atoms with E-state index in [9.17, 15) is 9.59 Å². The summed E-state index contributed by atoms with van der Waals surface area (Å²) in [5.74, 6) is 0.680. The van der Waals surface area contributed by atoms with Crippen molar-refractivity contribution in [1.82, 2.24) is 4.68 Å². The molecule has 40 heavy (non-hydrogen) atoms. The van der Waals surface area contributed by atoms with Gasteiger partial charge in [-0.05, 0) is 56.9 Å². The Hall–Kier alpha value is -3.30. The lowest BCUT2D eigenvalue weighted by atomic mass is 10.0. The van der Waals surface area contributed by atoms with Gasteiger partial charge in [0.25, 0.3) is 0 Å². The first-order valence-electron chi connectivity index (χ1n) is 13.6. The van der Waals surface area contributed by atoms with E-state index in [4.69, 9.17) is 18.9 Å². The van der Waals surface area contributed by atoms with Gasteiger partial charge >= 0.3 is 5.97 Å². The van der Waals surface area contributed by atoms with E-state index in [-0.39, 0.29) is 29.2 Å². The van der Waals surface area contributed by atoms with Crippen molar-refractivity contribution in [1.29, 1.82) is 0 Å². The predicted octanol–water partition coefficient (Wildman–Crippen LogP) is 6.03. The van der Waals surface area contributed by atoms with Crippen molar-refractivity contribution in [2.45, 2.75) is 58.2 Å². The van der Waals surface area contributed by atoms with Gasteiger partial charge in [-0.15, -0.1) is 0 Å². The molecule has 0 amide bonds. The fourth-order valence-corrected chi connectivity index (χ4v) is 5.62. The Labute approximate surface area is 243 Å². The maximum absolute atomic E-state index is 12.5. The number of halogens is 1. The van der Waals surface area contributed by atoms with Crippen LogP contribution in [-0.4, -0.2) is 43.1 Å². The molecule has 0 spiro atoms. The Morgan fingerprint density at radius 1 is 1.07 bits per heavy atom. The van der Waals surface area contributed by atoms with Gasteiger partial charge in [0.05, 0.1) is 24.8 Å². The Morgan fingerprint density at radius 3 is 2.55 bits per heavy atom. The monoisotopic (exact) mass is 612 g/mol. The first kappa shape index (κ1) is 29.7. The zero-order valence-corrected chi connectivity index (χ0v) is 25.1. The van der Waals surface area contributed by atoms with Crippen LogP contribution in [0.25, 0.3) is 0 Å². The molecule has 8 nitrogen and oxygen atoms in total. The molecule has 0 bridgehead atoms. The number of aromatic nitrogens is 1. The number of hydrogen-bond acceptors (Lipinski definition) is 7. The zero-order chi connectivity index (χ0) is 28.7. The highest BCUT2D eigenvalue weighted by molar-refractivity contribution is 9.10. The lowest BCUT2D eigenvalue weighted by molar-refractivity contribution is 0.0523. The normalized spacial score (nSPS) is 16.1. The topological polar surface area (TPSA) is 79.2 Å². The maximum atomic E-state index is 12.5. The second kappa shape index (κ2) is 13.4. The number of ether oxygens (including phenoxy) is 4. The van der Waals surface area contributed by atoms with E-state index in [0.29, 0.717) is 31.3 Å². The van der Waals surface area contributed by atoms with Crippen LogP contribution in [0.4, 0.5) is 0 Å². The number of nitrogens with zero attached hydrogens (tertiary/aromatic N) is 2. The van der Waals surface area contributed by atoms with E-state index >= 15 is 0 Å². The van der Waals surface area contributed by atoms with Gasteiger partial charge in [0, 0.05) is 43.1 Å². The number of pyridine rings is 1. The van der Waals surface area contributed by atoms with Crippen LogP contribution >= 0.6 is 15.9 Å². The van der Waals surface area contributed by atoms with Gasteiger partial charge in [0.2, 0.25) is 0 Å². The Morgan fingerprint density at radius 2 is 1.82 bits per heavy atom. The Kier molecular flexibility index (Phi) is 9.92. The van der Waals surface area contributed by atoms with Gasteiger partial charge < -0.3 is 24.0 Å². The number of carbonyl (C=O) groups is 1. The van der Waals surface area contributed by atoms with E-state index in [1.54, 1.807) is 26.4 Å². The summed E-state index contributed by atoms with van der Waals surface area (Å²) in [5.41, 5.74) is 1.48. The Balaban J connectivity index is 1.70. The molecule has 1 saturated heterocycles. The molecule has 1 aliphatic heterocycles. The molecular formula is C31H37BrN2O6. The fraction of sp³-hybridized carbons (Fsp3) is 0.419. The first-order chi connectivity index (χ1) is 19.2. The maximum Gasteiger partial charge on any atom is 0.343 e. The van der Waals surface area contributed by atoms with Gasteiger partial charge in [-0.25, -0.2) is 4.79 Å². The number of benzene rings is 2. The summed E-state index contributed by atoms with van der Waals surface area (Å²) >= 11 is 3.80. The van der Waals surface area contributed by atoms with Crippen molar-refractivity contribution in [3.05, 3.63) is 92.3 Å². The van der Waals surface area contributed by atoms with E-state index < -0.39 is 5.97 Å². The molecule has 1 fully saturated rings. The second-order valence-corrected chi connectivity index (χ2v) is 11.2. The molecule has 2 aromatic carbocycles. The minimum Gasteiger partial charge on any atom is -0.490 e. The third kappa shape index (κ3) is 6.88.